The Morgan fingerprint density at radius 1 is 1.26 bits per heavy atom. The number of sulfone groups is 1. The lowest BCUT2D eigenvalue weighted by Crippen LogP contribution is -2.45. The van der Waals surface area contributed by atoms with Crippen molar-refractivity contribution in [2.45, 2.75) is 37.6 Å². The summed E-state index contributed by atoms with van der Waals surface area (Å²) in [5.41, 5.74) is -0.449. The molecule has 0 fully saturated rings. The van der Waals surface area contributed by atoms with Crippen LogP contribution in [-0.2, 0) is 14.6 Å². The summed E-state index contributed by atoms with van der Waals surface area (Å²) in [5, 5.41) is 2.65. The van der Waals surface area contributed by atoms with Crippen molar-refractivity contribution in [3.8, 4) is 0 Å². The number of carbonyl (C=O) groups excluding carboxylic acids is 1. The highest BCUT2D eigenvalue weighted by Crippen LogP contribution is 2.13. The molecule has 1 amide bonds. The van der Waals surface area contributed by atoms with E-state index in [2.05, 4.69) is 5.32 Å². The lowest BCUT2D eigenvalue weighted by Gasteiger charge is -2.24. The van der Waals surface area contributed by atoms with Crippen LogP contribution in [0.1, 0.15) is 27.2 Å². The second kappa shape index (κ2) is 5.69. The molecule has 0 aliphatic carbocycles. The molecule has 19 heavy (non-hydrogen) atoms. The molecule has 1 N–H and O–H groups in total. The van der Waals surface area contributed by atoms with Crippen LogP contribution in [0.5, 0.6) is 0 Å². The molecule has 0 saturated heterocycles. The van der Waals surface area contributed by atoms with E-state index >= 15 is 0 Å². The van der Waals surface area contributed by atoms with E-state index in [0.717, 1.165) is 24.3 Å². The van der Waals surface area contributed by atoms with Crippen LogP contribution in [0.25, 0.3) is 0 Å². The van der Waals surface area contributed by atoms with Crippen LogP contribution in [0.4, 0.5) is 4.39 Å². The fraction of sp³-hybridized carbons (Fsp3) is 0.462. The van der Waals surface area contributed by atoms with Gasteiger partial charge in [-0.05, 0) is 44.5 Å². The third kappa shape index (κ3) is 4.63. The predicted octanol–water partition coefficient (Wildman–Crippen LogP) is 1.90. The normalized spacial score (nSPS) is 12.2. The molecule has 106 valence electrons. The van der Waals surface area contributed by atoms with Crippen molar-refractivity contribution >= 4 is 15.7 Å². The van der Waals surface area contributed by atoms with Gasteiger partial charge in [0.05, 0.1) is 4.90 Å². The number of carbonyl (C=O) groups is 1. The van der Waals surface area contributed by atoms with Crippen molar-refractivity contribution in [1.82, 2.24) is 5.32 Å². The number of rotatable bonds is 5. The molecule has 0 heterocycles. The zero-order valence-corrected chi connectivity index (χ0v) is 12.1. The van der Waals surface area contributed by atoms with E-state index in [1.54, 1.807) is 0 Å². The fourth-order valence-electron chi connectivity index (χ4n) is 1.40. The van der Waals surface area contributed by atoms with E-state index in [-0.39, 0.29) is 4.90 Å². The molecule has 0 unspecified atom stereocenters. The zero-order valence-electron chi connectivity index (χ0n) is 11.2. The molecule has 0 bridgehead atoms. The third-order valence-electron chi connectivity index (χ3n) is 2.86. The fourth-order valence-corrected chi connectivity index (χ4v) is 2.53. The Kier molecular flexibility index (Phi) is 4.68. The highest BCUT2D eigenvalue weighted by atomic mass is 32.2. The monoisotopic (exact) mass is 287 g/mol. The van der Waals surface area contributed by atoms with Gasteiger partial charge in [-0.3, -0.25) is 4.79 Å². The maximum absolute atomic E-state index is 12.7. The first-order valence-electron chi connectivity index (χ1n) is 5.95. The van der Waals surface area contributed by atoms with E-state index in [4.69, 9.17) is 0 Å². The molecule has 0 aromatic heterocycles. The van der Waals surface area contributed by atoms with Gasteiger partial charge in [-0.15, -0.1) is 0 Å². The maximum atomic E-state index is 12.7. The summed E-state index contributed by atoms with van der Waals surface area (Å²) in [6.07, 6.45) is 0.690. The summed E-state index contributed by atoms with van der Waals surface area (Å²) in [7, 11) is -3.74. The van der Waals surface area contributed by atoms with Gasteiger partial charge in [-0.2, -0.15) is 0 Å². The Labute approximate surface area is 112 Å². The number of hydrogen-bond acceptors (Lipinski definition) is 3. The predicted molar refractivity (Wildman–Crippen MR) is 71.0 cm³/mol. The SMILES string of the molecule is CCC(C)(C)NC(=O)CS(=O)(=O)c1ccc(F)cc1. The van der Waals surface area contributed by atoms with E-state index < -0.39 is 32.9 Å². The molecule has 1 aromatic carbocycles. The number of amides is 1. The molecule has 1 rings (SSSR count). The number of hydrogen-bond donors (Lipinski definition) is 1. The van der Waals surface area contributed by atoms with Crippen molar-refractivity contribution in [3.63, 3.8) is 0 Å². The van der Waals surface area contributed by atoms with Crippen molar-refractivity contribution < 1.29 is 17.6 Å². The molecule has 0 spiro atoms. The summed E-state index contributed by atoms with van der Waals surface area (Å²) in [6, 6.07) is 4.42. The van der Waals surface area contributed by atoms with Gasteiger partial charge in [0.1, 0.15) is 11.6 Å². The van der Waals surface area contributed by atoms with Gasteiger partial charge < -0.3 is 5.32 Å². The van der Waals surface area contributed by atoms with E-state index in [1.807, 2.05) is 20.8 Å². The average Bonchev–Trinajstić information content (AvgIpc) is 2.28. The highest BCUT2D eigenvalue weighted by molar-refractivity contribution is 7.92. The third-order valence-corrected chi connectivity index (χ3v) is 4.49. The first kappa shape index (κ1) is 15.6. The second-order valence-electron chi connectivity index (χ2n) is 5.00. The van der Waals surface area contributed by atoms with Gasteiger partial charge in [0.15, 0.2) is 9.84 Å². The molecular formula is C13H18FNO3S. The summed E-state index contributed by atoms with van der Waals surface area (Å²) in [4.78, 5) is 11.7. The smallest absolute Gasteiger partial charge is 0.235 e. The minimum absolute atomic E-state index is 0.0571. The van der Waals surface area contributed by atoms with Gasteiger partial charge in [0.25, 0.3) is 0 Å². The Morgan fingerprint density at radius 2 is 1.79 bits per heavy atom. The van der Waals surface area contributed by atoms with Crippen molar-refractivity contribution in [2.75, 3.05) is 5.75 Å². The van der Waals surface area contributed by atoms with Gasteiger partial charge in [0.2, 0.25) is 5.91 Å². The Balaban J connectivity index is 2.81. The van der Waals surface area contributed by atoms with E-state index in [9.17, 15) is 17.6 Å². The largest absolute Gasteiger partial charge is 0.350 e. The summed E-state index contributed by atoms with van der Waals surface area (Å²) >= 11 is 0. The number of halogens is 1. The highest BCUT2D eigenvalue weighted by Gasteiger charge is 2.23. The average molecular weight is 287 g/mol. The quantitative estimate of drug-likeness (QED) is 0.841. The lowest BCUT2D eigenvalue weighted by atomic mass is 10.0. The van der Waals surface area contributed by atoms with Crippen LogP contribution >= 0.6 is 0 Å². The number of benzene rings is 1. The molecule has 4 nitrogen and oxygen atoms in total. The minimum atomic E-state index is -3.74. The number of nitrogens with one attached hydrogen (secondary N) is 1. The minimum Gasteiger partial charge on any atom is -0.350 e. The van der Waals surface area contributed by atoms with Crippen LogP contribution in [0, 0.1) is 5.82 Å². The van der Waals surface area contributed by atoms with Crippen molar-refractivity contribution in [2.24, 2.45) is 0 Å². The molecule has 0 saturated carbocycles. The molecular weight excluding hydrogens is 269 g/mol. The molecule has 6 heteroatoms. The Bertz CT molecular complexity index is 550. The van der Waals surface area contributed by atoms with Crippen LogP contribution in [0.2, 0.25) is 0 Å². The van der Waals surface area contributed by atoms with Gasteiger partial charge in [-0.1, -0.05) is 6.92 Å². The molecule has 0 aliphatic heterocycles. The lowest BCUT2D eigenvalue weighted by molar-refractivity contribution is -0.120. The van der Waals surface area contributed by atoms with Crippen LogP contribution in [0.15, 0.2) is 29.2 Å². The topological polar surface area (TPSA) is 63.2 Å². The Morgan fingerprint density at radius 3 is 2.26 bits per heavy atom. The Hall–Kier alpha value is -1.43. The van der Waals surface area contributed by atoms with Crippen molar-refractivity contribution in [1.29, 1.82) is 0 Å². The second-order valence-corrected chi connectivity index (χ2v) is 6.99. The first-order chi connectivity index (χ1) is 8.66. The summed E-state index contributed by atoms with van der Waals surface area (Å²) < 4.78 is 36.6. The molecule has 1 aromatic rings. The molecule has 0 radical (unpaired) electrons. The van der Waals surface area contributed by atoms with Gasteiger partial charge in [0, 0.05) is 5.54 Å². The molecule has 0 atom stereocenters. The van der Waals surface area contributed by atoms with Crippen molar-refractivity contribution in [3.05, 3.63) is 30.1 Å². The standard InChI is InChI=1S/C13H18FNO3S/c1-4-13(2,3)15-12(16)9-19(17,18)11-7-5-10(14)6-8-11/h5-8H,4,9H2,1-3H3,(H,15,16). The maximum Gasteiger partial charge on any atom is 0.235 e. The van der Waals surface area contributed by atoms with Crippen LogP contribution < -0.4 is 5.32 Å². The van der Waals surface area contributed by atoms with Gasteiger partial charge >= 0.3 is 0 Å². The van der Waals surface area contributed by atoms with E-state index in [0.29, 0.717) is 6.42 Å². The zero-order chi connectivity index (χ0) is 14.7. The first-order valence-corrected chi connectivity index (χ1v) is 7.61. The van der Waals surface area contributed by atoms with Crippen LogP contribution in [0.3, 0.4) is 0 Å². The summed E-state index contributed by atoms with van der Waals surface area (Å²) in [5.74, 6) is -1.71. The summed E-state index contributed by atoms with van der Waals surface area (Å²) in [6.45, 7) is 5.53. The van der Waals surface area contributed by atoms with E-state index in [1.165, 1.54) is 0 Å². The van der Waals surface area contributed by atoms with Crippen LogP contribution in [-0.4, -0.2) is 25.6 Å². The molecule has 0 aliphatic rings. The van der Waals surface area contributed by atoms with Gasteiger partial charge in [-0.25, -0.2) is 12.8 Å².